The van der Waals surface area contributed by atoms with Gasteiger partial charge in [-0.15, -0.1) is 0 Å². The van der Waals surface area contributed by atoms with Gasteiger partial charge in [-0.25, -0.2) is 4.39 Å². The number of halogens is 1. The van der Waals surface area contributed by atoms with Crippen LogP contribution in [0.2, 0.25) is 0 Å². The zero-order valence-corrected chi connectivity index (χ0v) is 17.2. The van der Waals surface area contributed by atoms with E-state index in [0.29, 0.717) is 6.61 Å². The van der Waals surface area contributed by atoms with E-state index in [9.17, 15) is 9.18 Å². The fourth-order valence-electron chi connectivity index (χ4n) is 4.71. The van der Waals surface area contributed by atoms with Crippen molar-refractivity contribution in [3.05, 3.63) is 71.0 Å². The van der Waals surface area contributed by atoms with Crippen molar-refractivity contribution >= 4 is 5.91 Å². The number of carbonyl (C=O) groups excluding carboxylic acids is 1. The monoisotopic (exact) mass is 396 g/mol. The number of likely N-dealkylation sites (tertiary alicyclic amines) is 1. The molecule has 2 aromatic rings. The average molecular weight is 397 g/mol. The highest BCUT2D eigenvalue weighted by Gasteiger charge is 2.43. The van der Waals surface area contributed by atoms with E-state index in [-0.39, 0.29) is 23.2 Å². The molecule has 1 amide bonds. The average Bonchev–Trinajstić information content (AvgIpc) is 3.07. The standard InChI is InChI=1S/C24H29FN2O2/c1-26(2)23(28)20(14-18-6-4-3-5-7-18)16-27-12-10-24(11-13-27)22-15-21(25)9-8-19(22)17-29-24/h3-9,15,20H,10-14,16-17H2,1-2H3. The Balaban J connectivity index is 1.44. The summed E-state index contributed by atoms with van der Waals surface area (Å²) in [5.41, 5.74) is 2.94. The Labute approximate surface area is 172 Å². The Morgan fingerprint density at radius 3 is 2.59 bits per heavy atom. The van der Waals surface area contributed by atoms with Gasteiger partial charge in [-0.05, 0) is 48.1 Å². The van der Waals surface area contributed by atoms with Crippen LogP contribution < -0.4 is 0 Å². The SMILES string of the molecule is CN(C)C(=O)C(Cc1ccccc1)CN1CCC2(CC1)OCc1ccc(F)cc12. The Hall–Kier alpha value is -2.24. The van der Waals surface area contributed by atoms with Crippen LogP contribution in [0, 0.1) is 11.7 Å². The largest absolute Gasteiger partial charge is 0.365 e. The van der Waals surface area contributed by atoms with Crippen LogP contribution in [0.15, 0.2) is 48.5 Å². The summed E-state index contributed by atoms with van der Waals surface area (Å²) in [6.45, 7) is 2.99. The second-order valence-corrected chi connectivity index (χ2v) is 8.50. The van der Waals surface area contributed by atoms with Crippen LogP contribution in [0.5, 0.6) is 0 Å². The quantitative estimate of drug-likeness (QED) is 0.774. The molecule has 1 spiro atoms. The first kappa shape index (κ1) is 20.0. The van der Waals surface area contributed by atoms with E-state index in [1.807, 2.05) is 38.4 Å². The maximum Gasteiger partial charge on any atom is 0.226 e. The molecular weight excluding hydrogens is 367 g/mol. The summed E-state index contributed by atoms with van der Waals surface area (Å²) in [6.07, 6.45) is 2.40. The number of ether oxygens (including phenoxy) is 1. The van der Waals surface area contributed by atoms with Crippen LogP contribution in [0.3, 0.4) is 0 Å². The predicted octanol–water partition coefficient (Wildman–Crippen LogP) is 3.59. The third-order valence-electron chi connectivity index (χ3n) is 6.32. The number of amides is 1. The van der Waals surface area contributed by atoms with E-state index >= 15 is 0 Å². The van der Waals surface area contributed by atoms with Crippen molar-refractivity contribution in [1.82, 2.24) is 9.80 Å². The highest BCUT2D eigenvalue weighted by atomic mass is 19.1. The molecule has 0 saturated carbocycles. The maximum atomic E-state index is 13.8. The lowest BCUT2D eigenvalue weighted by atomic mass is 9.83. The molecule has 0 aromatic heterocycles. The van der Waals surface area contributed by atoms with Crippen molar-refractivity contribution in [3.8, 4) is 0 Å². The lowest BCUT2D eigenvalue weighted by Crippen LogP contribution is -2.46. The van der Waals surface area contributed by atoms with Gasteiger partial charge >= 0.3 is 0 Å². The molecule has 0 bridgehead atoms. The lowest BCUT2D eigenvalue weighted by Gasteiger charge is -2.40. The van der Waals surface area contributed by atoms with E-state index in [4.69, 9.17) is 4.74 Å². The van der Waals surface area contributed by atoms with Gasteiger partial charge in [-0.2, -0.15) is 0 Å². The molecule has 29 heavy (non-hydrogen) atoms. The Morgan fingerprint density at radius 1 is 1.17 bits per heavy atom. The van der Waals surface area contributed by atoms with Gasteiger partial charge in [-0.1, -0.05) is 36.4 Å². The molecule has 154 valence electrons. The summed E-state index contributed by atoms with van der Waals surface area (Å²) in [5.74, 6) is -0.107. The van der Waals surface area contributed by atoms with Crippen molar-refractivity contribution in [3.63, 3.8) is 0 Å². The van der Waals surface area contributed by atoms with Crippen molar-refractivity contribution < 1.29 is 13.9 Å². The molecule has 1 unspecified atom stereocenters. The van der Waals surface area contributed by atoms with E-state index in [1.165, 1.54) is 11.6 Å². The van der Waals surface area contributed by atoms with Crippen LogP contribution in [-0.2, 0) is 28.2 Å². The van der Waals surface area contributed by atoms with E-state index < -0.39 is 0 Å². The third kappa shape index (κ3) is 4.21. The summed E-state index contributed by atoms with van der Waals surface area (Å²) in [5, 5.41) is 0. The number of benzene rings is 2. The molecule has 2 aromatic carbocycles. The number of piperidine rings is 1. The first-order valence-corrected chi connectivity index (χ1v) is 10.4. The van der Waals surface area contributed by atoms with Crippen LogP contribution in [0.25, 0.3) is 0 Å². The molecule has 1 fully saturated rings. The number of rotatable bonds is 5. The molecule has 0 aliphatic carbocycles. The molecule has 0 N–H and O–H groups in total. The number of fused-ring (bicyclic) bond motifs is 2. The minimum Gasteiger partial charge on any atom is -0.365 e. The van der Waals surface area contributed by atoms with Crippen molar-refractivity contribution in [2.45, 2.75) is 31.5 Å². The van der Waals surface area contributed by atoms with Gasteiger partial charge in [0.2, 0.25) is 5.91 Å². The zero-order valence-electron chi connectivity index (χ0n) is 17.2. The molecule has 4 nitrogen and oxygen atoms in total. The molecule has 2 heterocycles. The first-order chi connectivity index (χ1) is 14.0. The predicted molar refractivity (Wildman–Crippen MR) is 111 cm³/mol. The summed E-state index contributed by atoms with van der Waals surface area (Å²) in [6, 6.07) is 15.2. The van der Waals surface area contributed by atoms with Gasteiger partial charge in [0.1, 0.15) is 5.82 Å². The fourth-order valence-corrected chi connectivity index (χ4v) is 4.71. The van der Waals surface area contributed by atoms with Crippen LogP contribution >= 0.6 is 0 Å². The normalized spacial score (nSPS) is 19.1. The Bertz CT molecular complexity index is 860. The number of hydrogen-bond acceptors (Lipinski definition) is 3. The number of carbonyl (C=O) groups is 1. The summed E-state index contributed by atoms with van der Waals surface area (Å²) >= 11 is 0. The molecule has 4 rings (SSSR count). The van der Waals surface area contributed by atoms with Crippen LogP contribution in [-0.4, -0.2) is 49.4 Å². The zero-order chi connectivity index (χ0) is 20.4. The van der Waals surface area contributed by atoms with Crippen molar-refractivity contribution in [2.24, 2.45) is 5.92 Å². The third-order valence-corrected chi connectivity index (χ3v) is 6.32. The van der Waals surface area contributed by atoms with Gasteiger partial charge in [0.15, 0.2) is 0 Å². The number of hydrogen-bond donors (Lipinski definition) is 0. The minimum atomic E-state index is -0.367. The molecular formula is C24H29FN2O2. The van der Waals surface area contributed by atoms with Gasteiger partial charge in [0.25, 0.3) is 0 Å². The minimum absolute atomic E-state index is 0.0734. The molecule has 1 saturated heterocycles. The van der Waals surface area contributed by atoms with Crippen LogP contribution in [0.1, 0.15) is 29.5 Å². The molecule has 1 atom stereocenters. The molecule has 5 heteroatoms. The molecule has 0 radical (unpaired) electrons. The summed E-state index contributed by atoms with van der Waals surface area (Å²) in [7, 11) is 3.65. The van der Waals surface area contributed by atoms with Crippen molar-refractivity contribution in [2.75, 3.05) is 33.7 Å². The number of nitrogens with zero attached hydrogens (tertiary/aromatic N) is 2. The second kappa shape index (κ2) is 8.25. The van der Waals surface area contributed by atoms with Crippen LogP contribution in [0.4, 0.5) is 4.39 Å². The second-order valence-electron chi connectivity index (χ2n) is 8.50. The topological polar surface area (TPSA) is 32.8 Å². The first-order valence-electron chi connectivity index (χ1n) is 10.4. The highest BCUT2D eigenvalue weighted by Crippen LogP contribution is 2.44. The molecule has 2 aliphatic heterocycles. The lowest BCUT2D eigenvalue weighted by molar-refractivity contribution is -0.134. The summed E-state index contributed by atoms with van der Waals surface area (Å²) in [4.78, 5) is 16.9. The van der Waals surface area contributed by atoms with Crippen molar-refractivity contribution in [1.29, 1.82) is 0 Å². The Morgan fingerprint density at radius 2 is 1.90 bits per heavy atom. The smallest absolute Gasteiger partial charge is 0.226 e. The summed E-state index contributed by atoms with van der Waals surface area (Å²) < 4.78 is 20.0. The maximum absolute atomic E-state index is 13.8. The van der Waals surface area contributed by atoms with E-state index in [0.717, 1.165) is 50.0 Å². The highest BCUT2D eigenvalue weighted by molar-refractivity contribution is 5.78. The van der Waals surface area contributed by atoms with Gasteiger partial charge in [0, 0.05) is 33.7 Å². The molecule has 2 aliphatic rings. The van der Waals surface area contributed by atoms with Gasteiger partial charge in [-0.3, -0.25) is 4.79 Å². The van der Waals surface area contributed by atoms with Gasteiger partial charge < -0.3 is 14.5 Å². The Kier molecular flexibility index (Phi) is 5.70. The van der Waals surface area contributed by atoms with Gasteiger partial charge in [0.05, 0.1) is 18.1 Å². The fraction of sp³-hybridized carbons (Fsp3) is 0.458. The van der Waals surface area contributed by atoms with E-state index in [1.54, 1.807) is 11.0 Å². The van der Waals surface area contributed by atoms with E-state index in [2.05, 4.69) is 17.0 Å².